The van der Waals surface area contributed by atoms with E-state index in [1.165, 1.54) is 26.9 Å². The summed E-state index contributed by atoms with van der Waals surface area (Å²) in [6, 6.07) is 11.2. The Balaban J connectivity index is 1.66. The molecular formula is C25H33N3O5. The highest BCUT2D eigenvalue weighted by Gasteiger charge is 2.39. The molecule has 0 spiro atoms. The van der Waals surface area contributed by atoms with Gasteiger partial charge in [0.15, 0.2) is 11.5 Å². The summed E-state index contributed by atoms with van der Waals surface area (Å²) in [5, 5.41) is 5.93. The van der Waals surface area contributed by atoms with Crippen LogP contribution in [0.15, 0.2) is 36.4 Å². The third-order valence-corrected chi connectivity index (χ3v) is 6.02. The van der Waals surface area contributed by atoms with Crippen LogP contribution in [0.5, 0.6) is 17.2 Å². The Hall–Kier alpha value is -3.42. The Morgan fingerprint density at radius 1 is 1.03 bits per heavy atom. The first-order valence-corrected chi connectivity index (χ1v) is 11.0. The lowest BCUT2D eigenvalue weighted by molar-refractivity contribution is -0.132. The summed E-state index contributed by atoms with van der Waals surface area (Å²) in [6.45, 7) is 5.33. The van der Waals surface area contributed by atoms with Gasteiger partial charge in [0.1, 0.15) is 0 Å². The van der Waals surface area contributed by atoms with Crippen molar-refractivity contribution in [3.63, 3.8) is 0 Å². The number of ether oxygens (including phenoxy) is 3. The number of nitrogens with zero attached hydrogens (tertiary/aromatic N) is 1. The molecule has 0 radical (unpaired) electrons. The highest BCUT2D eigenvalue weighted by Crippen LogP contribution is 2.40. The Labute approximate surface area is 195 Å². The molecule has 8 nitrogen and oxygen atoms in total. The summed E-state index contributed by atoms with van der Waals surface area (Å²) >= 11 is 0. The van der Waals surface area contributed by atoms with Gasteiger partial charge in [-0.3, -0.25) is 4.79 Å². The molecule has 2 N–H and O–H groups in total. The minimum Gasteiger partial charge on any atom is -0.493 e. The van der Waals surface area contributed by atoms with Crippen LogP contribution in [0.25, 0.3) is 0 Å². The number of amides is 3. The Kier molecular flexibility index (Phi) is 7.68. The number of anilines is 1. The third-order valence-electron chi connectivity index (χ3n) is 6.02. The molecule has 0 aliphatic carbocycles. The van der Waals surface area contributed by atoms with Crippen LogP contribution < -0.4 is 24.8 Å². The molecule has 8 heteroatoms. The number of benzene rings is 2. The molecule has 0 saturated carbocycles. The maximum atomic E-state index is 13.0. The first kappa shape index (κ1) is 24.2. The van der Waals surface area contributed by atoms with Crippen LogP contribution in [0.2, 0.25) is 0 Å². The molecule has 2 aromatic carbocycles. The first-order chi connectivity index (χ1) is 15.8. The quantitative estimate of drug-likeness (QED) is 0.660. The van der Waals surface area contributed by atoms with E-state index in [0.717, 1.165) is 18.4 Å². The number of carbonyl (C=O) groups is 2. The molecule has 178 valence electrons. The lowest BCUT2D eigenvalue weighted by atomic mass is 9.81. The number of methoxy groups -OCH3 is 3. The van der Waals surface area contributed by atoms with Gasteiger partial charge in [-0.05, 0) is 32.3 Å². The number of aryl methyl sites for hydroxylation is 1. The highest BCUT2D eigenvalue weighted by atomic mass is 16.5. The zero-order valence-electron chi connectivity index (χ0n) is 20.0. The van der Waals surface area contributed by atoms with E-state index in [0.29, 0.717) is 42.6 Å². The molecule has 1 heterocycles. The zero-order chi connectivity index (χ0) is 24.0. The lowest BCUT2D eigenvalue weighted by Gasteiger charge is -2.39. The monoisotopic (exact) mass is 455 g/mol. The van der Waals surface area contributed by atoms with Crippen LogP contribution in [0.3, 0.4) is 0 Å². The van der Waals surface area contributed by atoms with Gasteiger partial charge in [-0.15, -0.1) is 0 Å². The topological polar surface area (TPSA) is 89.1 Å². The highest BCUT2D eigenvalue weighted by molar-refractivity contribution is 5.91. The molecule has 3 amide bonds. The summed E-state index contributed by atoms with van der Waals surface area (Å²) < 4.78 is 16.0. The van der Waals surface area contributed by atoms with Gasteiger partial charge in [0.05, 0.1) is 32.4 Å². The van der Waals surface area contributed by atoms with Crippen molar-refractivity contribution in [3.8, 4) is 17.2 Å². The Morgan fingerprint density at radius 3 is 2.24 bits per heavy atom. The number of carbonyl (C=O) groups excluding carboxylic acids is 2. The normalized spacial score (nSPS) is 17.8. The molecule has 1 aliphatic rings. The summed E-state index contributed by atoms with van der Waals surface area (Å²) in [4.78, 5) is 27.7. The minimum atomic E-state index is -0.657. The van der Waals surface area contributed by atoms with Gasteiger partial charge in [-0.2, -0.15) is 0 Å². The second kappa shape index (κ2) is 10.5. The molecule has 1 saturated heterocycles. The molecule has 1 unspecified atom stereocenters. The van der Waals surface area contributed by atoms with Gasteiger partial charge < -0.3 is 29.7 Å². The fraction of sp³-hybridized carbons (Fsp3) is 0.440. The molecule has 1 fully saturated rings. The molecule has 3 rings (SSSR count). The average molecular weight is 456 g/mol. The van der Waals surface area contributed by atoms with Gasteiger partial charge in [0, 0.05) is 31.8 Å². The predicted molar refractivity (Wildman–Crippen MR) is 127 cm³/mol. The summed E-state index contributed by atoms with van der Waals surface area (Å²) in [5.74, 6) is 1.30. The third kappa shape index (κ3) is 5.69. The van der Waals surface area contributed by atoms with Crippen molar-refractivity contribution in [1.82, 2.24) is 10.2 Å². The largest absolute Gasteiger partial charge is 0.493 e. The number of hydrogen-bond donors (Lipinski definition) is 2. The maximum absolute atomic E-state index is 13.0. The average Bonchev–Trinajstić information content (AvgIpc) is 2.82. The number of hydrogen-bond acceptors (Lipinski definition) is 5. The number of urea groups is 1. The van der Waals surface area contributed by atoms with Crippen molar-refractivity contribution in [1.29, 1.82) is 0 Å². The Morgan fingerprint density at radius 2 is 1.67 bits per heavy atom. The van der Waals surface area contributed by atoms with E-state index in [4.69, 9.17) is 14.2 Å². The number of rotatable bonds is 7. The van der Waals surface area contributed by atoms with E-state index in [1.807, 2.05) is 38.1 Å². The zero-order valence-corrected chi connectivity index (χ0v) is 20.0. The standard InChI is InChI=1S/C25H33N3O5/c1-17-7-9-18(10-8-17)15-26-23(29)25(2)11-6-12-28(16-25)24(30)27-19-13-20(31-3)22(33-5)21(14-19)32-4/h7-10,13-14H,6,11-12,15-16H2,1-5H3,(H,26,29)(H,27,30). The van der Waals surface area contributed by atoms with Crippen LogP contribution in [0.4, 0.5) is 10.5 Å². The molecule has 33 heavy (non-hydrogen) atoms. The lowest BCUT2D eigenvalue weighted by Crippen LogP contribution is -2.52. The fourth-order valence-electron chi connectivity index (χ4n) is 4.06. The van der Waals surface area contributed by atoms with E-state index < -0.39 is 5.41 Å². The van der Waals surface area contributed by atoms with E-state index in [-0.39, 0.29) is 11.9 Å². The van der Waals surface area contributed by atoms with Crippen LogP contribution in [0, 0.1) is 12.3 Å². The van der Waals surface area contributed by atoms with Crippen molar-refractivity contribution in [2.24, 2.45) is 5.41 Å². The van der Waals surface area contributed by atoms with Crippen molar-refractivity contribution in [2.75, 3.05) is 39.7 Å². The molecule has 2 aromatic rings. The fourth-order valence-corrected chi connectivity index (χ4v) is 4.06. The first-order valence-electron chi connectivity index (χ1n) is 11.0. The Bertz CT molecular complexity index is 967. The van der Waals surface area contributed by atoms with Crippen LogP contribution >= 0.6 is 0 Å². The van der Waals surface area contributed by atoms with Crippen LogP contribution in [0.1, 0.15) is 30.9 Å². The van der Waals surface area contributed by atoms with Gasteiger partial charge >= 0.3 is 6.03 Å². The van der Waals surface area contributed by atoms with E-state index in [9.17, 15) is 9.59 Å². The SMILES string of the molecule is COc1cc(NC(=O)N2CCCC(C)(C(=O)NCc3ccc(C)cc3)C2)cc(OC)c1OC. The molecule has 1 aliphatic heterocycles. The smallest absolute Gasteiger partial charge is 0.321 e. The van der Waals surface area contributed by atoms with Crippen molar-refractivity contribution < 1.29 is 23.8 Å². The second-order valence-corrected chi connectivity index (χ2v) is 8.60. The van der Waals surface area contributed by atoms with E-state index in [2.05, 4.69) is 10.6 Å². The minimum absolute atomic E-state index is 0.0478. The summed E-state index contributed by atoms with van der Waals surface area (Å²) in [6.07, 6.45) is 1.47. The maximum Gasteiger partial charge on any atom is 0.321 e. The van der Waals surface area contributed by atoms with E-state index in [1.54, 1.807) is 17.0 Å². The van der Waals surface area contributed by atoms with Crippen molar-refractivity contribution >= 4 is 17.6 Å². The summed E-state index contributed by atoms with van der Waals surface area (Å²) in [7, 11) is 4.57. The van der Waals surface area contributed by atoms with Crippen LogP contribution in [-0.2, 0) is 11.3 Å². The van der Waals surface area contributed by atoms with Gasteiger partial charge in [0.25, 0.3) is 0 Å². The number of nitrogens with one attached hydrogen (secondary N) is 2. The molecule has 1 atom stereocenters. The number of likely N-dealkylation sites (tertiary alicyclic amines) is 1. The predicted octanol–water partition coefficient (Wildman–Crippen LogP) is 3.97. The van der Waals surface area contributed by atoms with Crippen molar-refractivity contribution in [3.05, 3.63) is 47.5 Å². The summed E-state index contributed by atoms with van der Waals surface area (Å²) in [5.41, 5.74) is 2.09. The molecular weight excluding hydrogens is 422 g/mol. The van der Waals surface area contributed by atoms with Gasteiger partial charge in [-0.1, -0.05) is 29.8 Å². The molecule has 0 bridgehead atoms. The molecule has 0 aromatic heterocycles. The number of piperidine rings is 1. The van der Waals surface area contributed by atoms with Crippen molar-refractivity contribution in [2.45, 2.75) is 33.2 Å². The second-order valence-electron chi connectivity index (χ2n) is 8.60. The van der Waals surface area contributed by atoms with Gasteiger partial charge in [-0.25, -0.2) is 4.79 Å². The van der Waals surface area contributed by atoms with Gasteiger partial charge in [0.2, 0.25) is 11.7 Å². The van der Waals surface area contributed by atoms with E-state index >= 15 is 0 Å². The van der Waals surface area contributed by atoms with Crippen LogP contribution in [-0.4, -0.2) is 51.3 Å².